The number of carbonyl (C=O) groups excluding carboxylic acids is 2. The van der Waals surface area contributed by atoms with Gasteiger partial charge in [0.2, 0.25) is 0 Å². The molecule has 2 aromatic carbocycles. The standard InChI is InChI=1S/C26H35NO4/c1-2-3-4-5-6-7-11-14-25(28)31-26(29)24(27)19-21-15-17-23(18-16-21)30-20-22-12-9-8-10-13-22/h8-10,12-13,15-18,24H,2-7,11,14,19-20,27H2,1H3/t24-/m0/s1. The number of ether oxygens (including phenoxy) is 2. The van der Waals surface area contributed by atoms with E-state index in [1.165, 1.54) is 25.7 Å². The smallest absolute Gasteiger partial charge is 0.330 e. The molecule has 0 spiro atoms. The fourth-order valence-corrected chi connectivity index (χ4v) is 3.27. The van der Waals surface area contributed by atoms with Crippen molar-refractivity contribution >= 4 is 11.9 Å². The van der Waals surface area contributed by atoms with Gasteiger partial charge in [-0.2, -0.15) is 0 Å². The average molecular weight is 426 g/mol. The lowest BCUT2D eigenvalue weighted by Gasteiger charge is -2.11. The molecule has 1 atom stereocenters. The predicted octanol–water partition coefficient (Wildman–Crippen LogP) is 5.35. The largest absolute Gasteiger partial charge is 0.489 e. The molecule has 0 aliphatic rings. The van der Waals surface area contributed by atoms with Gasteiger partial charge in [-0.25, -0.2) is 4.79 Å². The predicted molar refractivity (Wildman–Crippen MR) is 123 cm³/mol. The first-order chi connectivity index (χ1) is 15.1. The first-order valence-corrected chi connectivity index (χ1v) is 11.3. The molecule has 0 amide bonds. The Kier molecular flexibility index (Phi) is 11.4. The first kappa shape index (κ1) is 24.6. The molecule has 2 rings (SSSR count). The van der Waals surface area contributed by atoms with E-state index < -0.39 is 18.0 Å². The number of nitrogens with two attached hydrogens (primary N) is 1. The average Bonchev–Trinajstić information content (AvgIpc) is 2.78. The van der Waals surface area contributed by atoms with Crippen LogP contribution in [0.2, 0.25) is 0 Å². The monoisotopic (exact) mass is 425 g/mol. The Morgan fingerprint density at radius 1 is 0.839 bits per heavy atom. The third-order valence-electron chi connectivity index (χ3n) is 5.13. The molecule has 5 nitrogen and oxygen atoms in total. The zero-order valence-corrected chi connectivity index (χ0v) is 18.6. The second kappa shape index (κ2) is 14.4. The Morgan fingerprint density at radius 2 is 1.48 bits per heavy atom. The van der Waals surface area contributed by atoms with Crippen LogP contribution < -0.4 is 10.5 Å². The van der Waals surface area contributed by atoms with Gasteiger partial charge in [0.15, 0.2) is 0 Å². The number of carbonyl (C=O) groups is 2. The molecule has 2 aromatic rings. The van der Waals surface area contributed by atoms with E-state index in [1.54, 1.807) is 0 Å². The Bertz CT molecular complexity index is 774. The van der Waals surface area contributed by atoms with Crippen molar-refractivity contribution in [2.45, 2.75) is 77.4 Å². The van der Waals surface area contributed by atoms with Gasteiger partial charge in [0.25, 0.3) is 0 Å². The normalized spacial score (nSPS) is 11.7. The number of esters is 2. The van der Waals surface area contributed by atoms with Crippen molar-refractivity contribution in [2.75, 3.05) is 0 Å². The highest BCUT2D eigenvalue weighted by atomic mass is 16.6. The van der Waals surface area contributed by atoms with E-state index in [0.29, 0.717) is 13.0 Å². The molecule has 168 valence electrons. The van der Waals surface area contributed by atoms with Crippen molar-refractivity contribution in [1.29, 1.82) is 0 Å². The molecule has 0 heterocycles. The highest BCUT2D eigenvalue weighted by Crippen LogP contribution is 2.15. The molecule has 0 aliphatic carbocycles. The highest BCUT2D eigenvalue weighted by molar-refractivity contribution is 5.88. The van der Waals surface area contributed by atoms with Gasteiger partial charge in [0, 0.05) is 6.42 Å². The summed E-state index contributed by atoms with van der Waals surface area (Å²) in [5.74, 6) is -0.412. The van der Waals surface area contributed by atoms with E-state index in [1.807, 2.05) is 54.6 Å². The van der Waals surface area contributed by atoms with Gasteiger partial charge in [-0.3, -0.25) is 4.79 Å². The molecular weight excluding hydrogens is 390 g/mol. The van der Waals surface area contributed by atoms with Crippen LogP contribution in [0.25, 0.3) is 0 Å². The van der Waals surface area contributed by atoms with Crippen LogP contribution >= 0.6 is 0 Å². The van der Waals surface area contributed by atoms with Gasteiger partial charge in [-0.15, -0.1) is 0 Å². The van der Waals surface area contributed by atoms with Gasteiger partial charge in [0.05, 0.1) is 0 Å². The van der Waals surface area contributed by atoms with Crippen molar-refractivity contribution < 1.29 is 19.1 Å². The minimum absolute atomic E-state index is 0.264. The van der Waals surface area contributed by atoms with E-state index in [9.17, 15) is 9.59 Å². The van der Waals surface area contributed by atoms with E-state index in [0.717, 1.165) is 36.1 Å². The quantitative estimate of drug-likeness (QED) is 0.251. The topological polar surface area (TPSA) is 78.6 Å². The maximum Gasteiger partial charge on any atom is 0.330 e. The van der Waals surface area contributed by atoms with Crippen molar-refractivity contribution in [1.82, 2.24) is 0 Å². The van der Waals surface area contributed by atoms with Crippen molar-refractivity contribution in [2.24, 2.45) is 5.73 Å². The lowest BCUT2D eigenvalue weighted by Crippen LogP contribution is -2.35. The summed E-state index contributed by atoms with van der Waals surface area (Å²) in [7, 11) is 0. The van der Waals surface area contributed by atoms with Crippen LogP contribution in [0.15, 0.2) is 54.6 Å². The second-order valence-corrected chi connectivity index (χ2v) is 7.89. The number of benzene rings is 2. The molecule has 5 heteroatoms. The first-order valence-electron chi connectivity index (χ1n) is 11.3. The van der Waals surface area contributed by atoms with E-state index in [-0.39, 0.29) is 6.42 Å². The molecule has 0 saturated carbocycles. The van der Waals surface area contributed by atoms with Crippen LogP contribution in [0.5, 0.6) is 5.75 Å². The molecule has 0 bridgehead atoms. The van der Waals surface area contributed by atoms with Gasteiger partial charge in [0.1, 0.15) is 18.4 Å². The van der Waals surface area contributed by atoms with Crippen LogP contribution in [0.3, 0.4) is 0 Å². The Labute approximate surface area is 185 Å². The number of hydrogen-bond donors (Lipinski definition) is 1. The molecule has 0 aliphatic heterocycles. The highest BCUT2D eigenvalue weighted by Gasteiger charge is 2.19. The molecule has 0 fully saturated rings. The van der Waals surface area contributed by atoms with Gasteiger partial charge >= 0.3 is 11.9 Å². The van der Waals surface area contributed by atoms with Crippen LogP contribution in [0, 0.1) is 0 Å². The fourth-order valence-electron chi connectivity index (χ4n) is 3.27. The zero-order valence-electron chi connectivity index (χ0n) is 18.6. The molecule has 0 radical (unpaired) electrons. The molecular formula is C26H35NO4. The molecule has 0 saturated heterocycles. The molecule has 2 N–H and O–H groups in total. The lowest BCUT2D eigenvalue weighted by molar-refractivity contribution is -0.160. The van der Waals surface area contributed by atoms with E-state index in [4.69, 9.17) is 15.2 Å². The maximum absolute atomic E-state index is 12.1. The maximum atomic E-state index is 12.1. The van der Waals surface area contributed by atoms with Gasteiger partial charge < -0.3 is 15.2 Å². The van der Waals surface area contributed by atoms with E-state index >= 15 is 0 Å². The van der Waals surface area contributed by atoms with Gasteiger partial charge in [-0.1, -0.05) is 87.9 Å². The molecule has 31 heavy (non-hydrogen) atoms. The Balaban J connectivity index is 1.65. The van der Waals surface area contributed by atoms with Crippen LogP contribution in [0.1, 0.15) is 69.4 Å². The minimum atomic E-state index is -0.867. The zero-order chi connectivity index (χ0) is 22.3. The summed E-state index contributed by atoms with van der Waals surface area (Å²) >= 11 is 0. The Morgan fingerprint density at radius 3 is 2.16 bits per heavy atom. The number of hydrogen-bond acceptors (Lipinski definition) is 5. The Hall–Kier alpha value is -2.66. The number of unbranched alkanes of at least 4 members (excludes halogenated alkanes) is 6. The van der Waals surface area contributed by atoms with Crippen LogP contribution in [0.4, 0.5) is 0 Å². The second-order valence-electron chi connectivity index (χ2n) is 7.89. The summed E-state index contributed by atoms with van der Waals surface area (Å²) in [5.41, 5.74) is 7.92. The molecule has 0 aromatic heterocycles. The third kappa shape index (κ3) is 10.3. The summed E-state index contributed by atoms with van der Waals surface area (Å²) in [6.07, 6.45) is 8.35. The summed E-state index contributed by atoms with van der Waals surface area (Å²) < 4.78 is 10.7. The SMILES string of the molecule is CCCCCCCCCC(=O)OC(=O)[C@@H](N)Cc1ccc(OCc2ccccc2)cc1. The lowest BCUT2D eigenvalue weighted by atomic mass is 10.1. The number of rotatable bonds is 14. The summed E-state index contributed by atoms with van der Waals surface area (Å²) in [5, 5.41) is 0. The van der Waals surface area contributed by atoms with Crippen molar-refractivity contribution in [3.63, 3.8) is 0 Å². The van der Waals surface area contributed by atoms with Crippen molar-refractivity contribution in [3.8, 4) is 5.75 Å². The third-order valence-corrected chi connectivity index (χ3v) is 5.13. The van der Waals surface area contributed by atoms with Crippen LogP contribution in [-0.2, 0) is 27.4 Å². The minimum Gasteiger partial charge on any atom is -0.489 e. The van der Waals surface area contributed by atoms with Crippen molar-refractivity contribution in [3.05, 3.63) is 65.7 Å². The van der Waals surface area contributed by atoms with E-state index in [2.05, 4.69) is 6.92 Å². The molecule has 0 unspecified atom stereocenters. The fraction of sp³-hybridized carbons (Fsp3) is 0.462. The summed E-state index contributed by atoms with van der Waals surface area (Å²) in [6, 6.07) is 16.5. The van der Waals surface area contributed by atoms with Crippen LogP contribution in [-0.4, -0.2) is 18.0 Å². The summed E-state index contributed by atoms with van der Waals surface area (Å²) in [6.45, 7) is 2.68. The summed E-state index contributed by atoms with van der Waals surface area (Å²) in [4.78, 5) is 24.0. The van der Waals surface area contributed by atoms with Gasteiger partial charge in [-0.05, 0) is 36.1 Å².